The maximum Gasteiger partial charge on any atom is 0.194 e. The maximum absolute atomic E-state index is 10.4. The smallest absolute Gasteiger partial charge is 0.194 e. The molecular weight excluding hydrogens is 294 g/mol. The highest BCUT2D eigenvalue weighted by Gasteiger charge is 2.31. The Labute approximate surface area is 138 Å². The first-order valence-corrected chi connectivity index (χ1v) is 9.03. The van der Waals surface area contributed by atoms with E-state index < -0.39 is 5.60 Å². The Hall–Kier alpha value is -1.20. The van der Waals surface area contributed by atoms with Crippen molar-refractivity contribution in [3.05, 3.63) is 35.4 Å². The molecule has 0 bridgehead atoms. The summed E-state index contributed by atoms with van der Waals surface area (Å²) >= 11 is 1.81. The van der Waals surface area contributed by atoms with Crippen LogP contribution in [-0.4, -0.2) is 53.2 Å². The molecule has 0 aliphatic carbocycles. The molecule has 2 N–H and O–H groups in total. The molecule has 0 radical (unpaired) electrons. The lowest BCUT2D eigenvalue weighted by molar-refractivity contribution is 0.0776. The highest BCUT2D eigenvalue weighted by atomic mass is 32.2. The Balaban J connectivity index is 2.00. The zero-order valence-electron chi connectivity index (χ0n) is 13.8. The van der Waals surface area contributed by atoms with Crippen molar-refractivity contribution in [2.24, 2.45) is 4.99 Å². The Morgan fingerprint density at radius 3 is 2.73 bits per heavy atom. The Morgan fingerprint density at radius 1 is 1.41 bits per heavy atom. The number of nitrogens with one attached hydrogen (secondary N) is 1. The lowest BCUT2D eigenvalue weighted by Gasteiger charge is -2.24. The zero-order chi connectivity index (χ0) is 16.0. The van der Waals surface area contributed by atoms with Crippen LogP contribution in [0.15, 0.2) is 29.3 Å². The molecule has 4 nitrogen and oxygen atoms in total. The monoisotopic (exact) mass is 321 g/mol. The van der Waals surface area contributed by atoms with Gasteiger partial charge in [-0.15, -0.1) is 0 Å². The van der Waals surface area contributed by atoms with Crippen LogP contribution in [0.5, 0.6) is 0 Å². The predicted molar refractivity (Wildman–Crippen MR) is 95.5 cm³/mol. The molecule has 1 aromatic rings. The average molecular weight is 321 g/mol. The molecule has 22 heavy (non-hydrogen) atoms. The molecule has 1 aliphatic heterocycles. The molecule has 1 saturated heterocycles. The van der Waals surface area contributed by atoms with Gasteiger partial charge in [-0.3, -0.25) is 4.99 Å². The summed E-state index contributed by atoms with van der Waals surface area (Å²) in [6.45, 7) is 6.26. The Kier molecular flexibility index (Phi) is 6.15. The zero-order valence-corrected chi connectivity index (χ0v) is 14.6. The lowest BCUT2D eigenvalue weighted by atomic mass is 10.0. The summed E-state index contributed by atoms with van der Waals surface area (Å²) in [6, 6.07) is 8.56. The minimum atomic E-state index is -0.629. The number of hydrogen-bond donors (Lipinski definition) is 2. The molecule has 1 aliphatic rings. The standard InChI is InChI=1S/C17H27N3OS/c1-4-18-16(19-12-17(21)9-10-22-13-17)20(3)11-15-7-5-14(2)6-8-15/h5-8,21H,4,9-13H2,1-3H3,(H,18,19). The van der Waals surface area contributed by atoms with Crippen LogP contribution in [0.4, 0.5) is 0 Å². The van der Waals surface area contributed by atoms with Crippen LogP contribution in [0.25, 0.3) is 0 Å². The first-order chi connectivity index (χ1) is 10.5. The lowest BCUT2D eigenvalue weighted by Crippen LogP contribution is -2.41. The summed E-state index contributed by atoms with van der Waals surface area (Å²) in [4.78, 5) is 6.76. The van der Waals surface area contributed by atoms with Gasteiger partial charge in [0.05, 0.1) is 12.1 Å². The summed E-state index contributed by atoms with van der Waals surface area (Å²) in [7, 11) is 2.04. The van der Waals surface area contributed by atoms with Crippen LogP contribution in [0, 0.1) is 6.92 Å². The van der Waals surface area contributed by atoms with E-state index in [4.69, 9.17) is 0 Å². The largest absolute Gasteiger partial charge is 0.387 e. The molecule has 1 aromatic carbocycles. The van der Waals surface area contributed by atoms with Gasteiger partial charge in [0.2, 0.25) is 0 Å². The van der Waals surface area contributed by atoms with Crippen molar-refractivity contribution in [2.75, 3.05) is 31.6 Å². The van der Waals surface area contributed by atoms with Gasteiger partial charge in [-0.2, -0.15) is 11.8 Å². The van der Waals surface area contributed by atoms with E-state index in [0.717, 1.165) is 37.0 Å². The first-order valence-electron chi connectivity index (χ1n) is 7.87. The number of nitrogens with zero attached hydrogens (tertiary/aromatic N) is 2. The fourth-order valence-corrected chi connectivity index (χ4v) is 3.74. The van der Waals surface area contributed by atoms with E-state index in [2.05, 4.69) is 53.3 Å². The van der Waals surface area contributed by atoms with Crippen molar-refractivity contribution in [1.29, 1.82) is 0 Å². The van der Waals surface area contributed by atoms with Crippen LogP contribution in [-0.2, 0) is 6.54 Å². The second-order valence-electron chi connectivity index (χ2n) is 6.04. The van der Waals surface area contributed by atoms with E-state index in [1.54, 1.807) is 11.8 Å². The van der Waals surface area contributed by atoms with Gasteiger partial charge in [-0.1, -0.05) is 29.8 Å². The van der Waals surface area contributed by atoms with Gasteiger partial charge in [0.1, 0.15) is 0 Å². The average Bonchev–Trinajstić information content (AvgIpc) is 2.93. The summed E-state index contributed by atoms with van der Waals surface area (Å²) in [5, 5.41) is 13.7. The number of guanidine groups is 1. The number of aryl methyl sites for hydroxylation is 1. The molecule has 1 fully saturated rings. The van der Waals surface area contributed by atoms with Crippen LogP contribution in [0.3, 0.4) is 0 Å². The second-order valence-corrected chi connectivity index (χ2v) is 7.14. The van der Waals surface area contributed by atoms with E-state index >= 15 is 0 Å². The van der Waals surface area contributed by atoms with Crippen molar-refractivity contribution < 1.29 is 5.11 Å². The van der Waals surface area contributed by atoms with E-state index in [1.807, 2.05) is 7.05 Å². The quantitative estimate of drug-likeness (QED) is 0.645. The maximum atomic E-state index is 10.4. The first kappa shape index (κ1) is 17.2. The number of benzene rings is 1. The van der Waals surface area contributed by atoms with Gasteiger partial charge in [0.25, 0.3) is 0 Å². The SMILES string of the molecule is CCNC(=NCC1(O)CCSC1)N(C)Cc1ccc(C)cc1. The van der Waals surface area contributed by atoms with Crippen molar-refractivity contribution in [2.45, 2.75) is 32.4 Å². The molecule has 122 valence electrons. The van der Waals surface area contributed by atoms with Gasteiger partial charge in [0, 0.05) is 25.9 Å². The minimum absolute atomic E-state index is 0.473. The molecule has 5 heteroatoms. The van der Waals surface area contributed by atoms with Gasteiger partial charge in [-0.25, -0.2) is 0 Å². The number of aliphatic imine (C=N–C) groups is 1. The van der Waals surface area contributed by atoms with Crippen LogP contribution in [0.1, 0.15) is 24.5 Å². The highest BCUT2D eigenvalue weighted by Crippen LogP contribution is 2.27. The number of thioether (sulfide) groups is 1. The van der Waals surface area contributed by atoms with Crippen molar-refractivity contribution in [3.8, 4) is 0 Å². The fraction of sp³-hybridized carbons (Fsp3) is 0.588. The van der Waals surface area contributed by atoms with Crippen molar-refractivity contribution >= 4 is 17.7 Å². The van der Waals surface area contributed by atoms with Gasteiger partial charge >= 0.3 is 0 Å². The number of rotatable bonds is 5. The summed E-state index contributed by atoms with van der Waals surface area (Å²) in [6.07, 6.45) is 0.836. The summed E-state index contributed by atoms with van der Waals surface area (Å²) in [5.74, 6) is 2.67. The Morgan fingerprint density at radius 2 is 2.14 bits per heavy atom. The fourth-order valence-electron chi connectivity index (χ4n) is 2.46. The van der Waals surface area contributed by atoms with Crippen molar-refractivity contribution in [3.63, 3.8) is 0 Å². The van der Waals surface area contributed by atoms with Gasteiger partial charge in [0.15, 0.2) is 5.96 Å². The molecule has 2 rings (SSSR count). The minimum Gasteiger partial charge on any atom is -0.387 e. The van der Waals surface area contributed by atoms with E-state index in [0.29, 0.717) is 6.54 Å². The normalized spacial score (nSPS) is 21.9. The molecule has 0 amide bonds. The van der Waals surface area contributed by atoms with Crippen LogP contribution < -0.4 is 5.32 Å². The van der Waals surface area contributed by atoms with E-state index in [9.17, 15) is 5.11 Å². The molecule has 0 saturated carbocycles. The molecule has 1 atom stereocenters. The summed E-state index contributed by atoms with van der Waals surface area (Å²) < 4.78 is 0. The van der Waals surface area contributed by atoms with Gasteiger partial charge in [-0.05, 0) is 31.6 Å². The second kappa shape index (κ2) is 7.88. The molecule has 1 unspecified atom stereocenters. The third kappa shape index (κ3) is 4.92. The number of aliphatic hydroxyl groups is 1. The molecular formula is C17H27N3OS. The van der Waals surface area contributed by atoms with Crippen LogP contribution in [0.2, 0.25) is 0 Å². The molecule has 1 heterocycles. The van der Waals surface area contributed by atoms with Crippen LogP contribution >= 0.6 is 11.8 Å². The molecule has 0 spiro atoms. The van der Waals surface area contributed by atoms with Crippen molar-refractivity contribution in [1.82, 2.24) is 10.2 Å². The molecule has 0 aromatic heterocycles. The third-order valence-electron chi connectivity index (χ3n) is 3.84. The van der Waals surface area contributed by atoms with E-state index in [-0.39, 0.29) is 0 Å². The Bertz CT molecular complexity index is 495. The predicted octanol–water partition coefficient (Wildman–Crippen LogP) is 2.26. The third-order valence-corrected chi connectivity index (χ3v) is 5.08. The summed E-state index contributed by atoms with van der Waals surface area (Å²) in [5.41, 5.74) is 1.90. The number of hydrogen-bond acceptors (Lipinski definition) is 3. The highest BCUT2D eigenvalue weighted by molar-refractivity contribution is 7.99. The van der Waals surface area contributed by atoms with Gasteiger partial charge < -0.3 is 15.3 Å². The topological polar surface area (TPSA) is 47.9 Å². The van der Waals surface area contributed by atoms with E-state index in [1.165, 1.54) is 11.1 Å².